The Morgan fingerprint density at radius 3 is 2.61 bits per heavy atom. The van der Waals surface area contributed by atoms with E-state index in [0.717, 1.165) is 5.56 Å². The molecule has 0 aliphatic heterocycles. The monoisotopic (exact) mass is 457 g/mol. The van der Waals surface area contributed by atoms with Gasteiger partial charge >= 0.3 is 0 Å². The molecule has 0 bridgehead atoms. The molecule has 0 unspecified atom stereocenters. The molecule has 8 nitrogen and oxygen atoms in total. The minimum Gasteiger partial charge on any atom is -0.496 e. The number of carbonyl (C=O) groups excluding carboxylic acids is 1. The van der Waals surface area contributed by atoms with Crippen molar-refractivity contribution in [3.63, 3.8) is 0 Å². The number of furan rings is 1. The van der Waals surface area contributed by atoms with Crippen molar-refractivity contribution in [3.8, 4) is 17.1 Å². The number of nitro groups is 1. The van der Waals surface area contributed by atoms with E-state index in [-0.39, 0.29) is 16.5 Å². The summed E-state index contributed by atoms with van der Waals surface area (Å²) in [6.07, 6.45) is 2.72. The lowest BCUT2D eigenvalue weighted by Gasteiger charge is -2.09. The molecule has 158 valence electrons. The number of carbonyl (C=O) groups is 1. The summed E-state index contributed by atoms with van der Waals surface area (Å²) >= 11 is 10.9. The third-order valence-electron chi connectivity index (χ3n) is 4.04. The number of methoxy groups -OCH3 is 1. The van der Waals surface area contributed by atoms with Crippen molar-refractivity contribution in [2.75, 3.05) is 12.4 Å². The highest BCUT2D eigenvalue weighted by Crippen LogP contribution is 2.29. The van der Waals surface area contributed by atoms with E-state index < -0.39 is 10.8 Å². The highest BCUT2D eigenvalue weighted by Gasteiger charge is 2.16. The molecule has 3 aromatic rings. The maximum absolute atomic E-state index is 12.1. The Kier molecular flexibility index (Phi) is 7.01. The van der Waals surface area contributed by atoms with Crippen LogP contribution in [-0.2, 0) is 4.79 Å². The van der Waals surface area contributed by atoms with Crippen molar-refractivity contribution in [2.45, 2.75) is 0 Å². The van der Waals surface area contributed by atoms with Crippen LogP contribution in [0.1, 0.15) is 5.76 Å². The number of rotatable bonds is 6. The fourth-order valence-electron chi connectivity index (χ4n) is 2.57. The molecule has 0 spiro atoms. The van der Waals surface area contributed by atoms with Crippen LogP contribution in [0.2, 0.25) is 5.02 Å². The van der Waals surface area contributed by atoms with Gasteiger partial charge in [0.05, 0.1) is 18.1 Å². The lowest BCUT2D eigenvalue weighted by Crippen LogP contribution is -2.33. The van der Waals surface area contributed by atoms with E-state index in [9.17, 15) is 14.9 Å². The zero-order valence-corrected chi connectivity index (χ0v) is 17.7. The highest BCUT2D eigenvalue weighted by molar-refractivity contribution is 7.80. The number of anilines is 1. The molecule has 0 atom stereocenters. The lowest BCUT2D eigenvalue weighted by atomic mass is 10.2. The van der Waals surface area contributed by atoms with Gasteiger partial charge in [-0.15, -0.1) is 0 Å². The van der Waals surface area contributed by atoms with Crippen LogP contribution in [0.5, 0.6) is 5.75 Å². The Hall–Kier alpha value is -3.69. The Labute approximate surface area is 187 Å². The van der Waals surface area contributed by atoms with Crippen molar-refractivity contribution in [1.29, 1.82) is 0 Å². The van der Waals surface area contributed by atoms with Crippen LogP contribution >= 0.6 is 23.8 Å². The maximum Gasteiger partial charge on any atom is 0.296 e. The van der Waals surface area contributed by atoms with Crippen molar-refractivity contribution in [1.82, 2.24) is 5.32 Å². The third kappa shape index (κ3) is 5.91. The SMILES string of the molecule is COc1ccc(NC(=S)NC(=O)C=Cc2ccc(-c3ccc(Cl)cc3)o2)c([N+](=O)[O-])c1. The first-order valence-corrected chi connectivity index (χ1v) is 9.62. The largest absolute Gasteiger partial charge is 0.496 e. The average molecular weight is 458 g/mol. The molecular weight excluding hydrogens is 442 g/mol. The smallest absolute Gasteiger partial charge is 0.296 e. The number of thiocarbonyl (C=S) groups is 1. The molecule has 1 amide bonds. The lowest BCUT2D eigenvalue weighted by molar-refractivity contribution is -0.384. The molecule has 0 saturated carbocycles. The van der Waals surface area contributed by atoms with Gasteiger partial charge in [-0.3, -0.25) is 20.2 Å². The normalized spacial score (nSPS) is 10.6. The van der Waals surface area contributed by atoms with Crippen molar-refractivity contribution in [2.24, 2.45) is 0 Å². The van der Waals surface area contributed by atoms with Crippen LogP contribution in [0.4, 0.5) is 11.4 Å². The van der Waals surface area contributed by atoms with Gasteiger partial charge in [0.25, 0.3) is 5.69 Å². The van der Waals surface area contributed by atoms with Gasteiger partial charge in [0.2, 0.25) is 5.91 Å². The van der Waals surface area contributed by atoms with Crippen LogP contribution in [-0.4, -0.2) is 23.1 Å². The number of ether oxygens (including phenoxy) is 1. The number of nitro benzene ring substituents is 1. The molecule has 2 N–H and O–H groups in total. The number of nitrogens with one attached hydrogen (secondary N) is 2. The molecule has 0 saturated heterocycles. The molecule has 0 aliphatic carbocycles. The van der Waals surface area contributed by atoms with Gasteiger partial charge < -0.3 is 14.5 Å². The van der Waals surface area contributed by atoms with Crippen molar-refractivity contribution >= 4 is 52.3 Å². The minimum absolute atomic E-state index is 0.0933. The van der Waals surface area contributed by atoms with E-state index in [1.54, 1.807) is 24.3 Å². The number of hydrogen-bond donors (Lipinski definition) is 2. The van der Waals surface area contributed by atoms with E-state index in [1.807, 2.05) is 12.1 Å². The summed E-state index contributed by atoms with van der Waals surface area (Å²) in [5, 5.41) is 16.8. The summed E-state index contributed by atoms with van der Waals surface area (Å²) in [7, 11) is 1.40. The molecule has 31 heavy (non-hydrogen) atoms. The number of halogens is 1. The molecule has 10 heteroatoms. The van der Waals surface area contributed by atoms with E-state index in [0.29, 0.717) is 22.3 Å². The van der Waals surface area contributed by atoms with Gasteiger partial charge in [-0.05, 0) is 66.8 Å². The molecule has 0 fully saturated rings. The molecule has 0 radical (unpaired) electrons. The Morgan fingerprint density at radius 1 is 1.19 bits per heavy atom. The van der Waals surface area contributed by atoms with Crippen LogP contribution in [0.15, 0.2) is 65.1 Å². The highest BCUT2D eigenvalue weighted by atomic mass is 35.5. The molecule has 1 heterocycles. The first-order valence-electron chi connectivity index (χ1n) is 8.84. The average Bonchev–Trinajstić information content (AvgIpc) is 3.22. The Morgan fingerprint density at radius 2 is 1.94 bits per heavy atom. The maximum atomic E-state index is 12.1. The predicted molar refractivity (Wildman–Crippen MR) is 122 cm³/mol. The third-order valence-corrected chi connectivity index (χ3v) is 4.50. The van der Waals surface area contributed by atoms with Crippen molar-refractivity contribution in [3.05, 3.63) is 81.6 Å². The quantitative estimate of drug-likeness (QED) is 0.231. The summed E-state index contributed by atoms with van der Waals surface area (Å²) in [6.45, 7) is 0. The van der Waals surface area contributed by atoms with Gasteiger partial charge in [-0.25, -0.2) is 0 Å². The van der Waals surface area contributed by atoms with Gasteiger partial charge in [-0.2, -0.15) is 0 Å². The zero-order chi connectivity index (χ0) is 22.4. The summed E-state index contributed by atoms with van der Waals surface area (Å²) in [6, 6.07) is 14.9. The second-order valence-electron chi connectivity index (χ2n) is 6.13. The number of benzene rings is 2. The summed E-state index contributed by atoms with van der Waals surface area (Å²) in [4.78, 5) is 22.8. The second kappa shape index (κ2) is 9.88. The van der Waals surface area contributed by atoms with Gasteiger partial charge in [-0.1, -0.05) is 11.6 Å². The molecule has 1 aromatic heterocycles. The molecule has 2 aromatic carbocycles. The van der Waals surface area contributed by atoms with Crippen molar-refractivity contribution < 1.29 is 18.9 Å². The van der Waals surface area contributed by atoms with Crippen LogP contribution in [0.25, 0.3) is 17.4 Å². The number of amides is 1. The second-order valence-corrected chi connectivity index (χ2v) is 6.97. The number of hydrogen-bond acceptors (Lipinski definition) is 6. The van der Waals surface area contributed by atoms with E-state index in [1.165, 1.54) is 37.5 Å². The van der Waals surface area contributed by atoms with Gasteiger partial charge in [0.15, 0.2) is 5.11 Å². The van der Waals surface area contributed by atoms with Gasteiger partial charge in [0.1, 0.15) is 23.0 Å². The molecule has 0 aliphatic rings. The van der Waals surface area contributed by atoms with Crippen LogP contribution in [0.3, 0.4) is 0 Å². The first-order chi connectivity index (χ1) is 14.9. The van der Waals surface area contributed by atoms with Crippen LogP contribution < -0.4 is 15.4 Å². The standard InChI is InChI=1S/C21H16ClN3O5S/c1-29-16-6-9-17(18(12-16)25(27)28)23-21(31)24-20(26)11-8-15-7-10-19(30-15)13-2-4-14(22)5-3-13/h2-12H,1H3,(H2,23,24,26,31). The van der Waals surface area contributed by atoms with E-state index in [2.05, 4.69) is 10.6 Å². The first kappa shape index (κ1) is 22.0. The summed E-state index contributed by atoms with van der Waals surface area (Å²) in [5.74, 6) is 0.884. The van der Waals surface area contributed by atoms with E-state index in [4.69, 9.17) is 33.0 Å². The molecule has 3 rings (SSSR count). The summed E-state index contributed by atoms with van der Waals surface area (Å²) in [5.41, 5.74) is 0.732. The fraction of sp³-hybridized carbons (Fsp3) is 0.0476. The summed E-state index contributed by atoms with van der Waals surface area (Å²) < 4.78 is 10.7. The minimum atomic E-state index is -0.579. The number of nitrogens with zero attached hydrogens (tertiary/aromatic N) is 1. The topological polar surface area (TPSA) is 107 Å². The van der Waals surface area contributed by atoms with E-state index >= 15 is 0 Å². The van der Waals surface area contributed by atoms with Crippen LogP contribution in [0, 0.1) is 10.1 Å². The molecular formula is C21H16ClN3O5S. The Bertz CT molecular complexity index is 1160. The zero-order valence-electron chi connectivity index (χ0n) is 16.1. The fourth-order valence-corrected chi connectivity index (χ4v) is 2.91. The predicted octanol–water partition coefficient (Wildman–Crippen LogP) is 5.04. The van der Waals surface area contributed by atoms with Gasteiger partial charge in [0, 0.05) is 16.7 Å². The Balaban J connectivity index is 1.61.